The zero-order valence-electron chi connectivity index (χ0n) is 14.7. The van der Waals surface area contributed by atoms with Crippen LogP contribution >= 0.6 is 0 Å². The lowest BCUT2D eigenvalue weighted by molar-refractivity contribution is -0.314. The van der Waals surface area contributed by atoms with Gasteiger partial charge in [0.1, 0.15) is 5.78 Å². The van der Waals surface area contributed by atoms with Crippen LogP contribution in [-0.2, 0) is 9.59 Å². The van der Waals surface area contributed by atoms with Gasteiger partial charge in [-0.25, -0.2) is 0 Å². The van der Waals surface area contributed by atoms with Gasteiger partial charge in [-0.2, -0.15) is 0 Å². The van der Waals surface area contributed by atoms with Gasteiger partial charge in [-0.3, -0.25) is 4.79 Å². The van der Waals surface area contributed by atoms with Gasteiger partial charge in [-0.1, -0.05) is 20.8 Å². The van der Waals surface area contributed by atoms with Crippen LogP contribution in [0.25, 0.3) is 0 Å². The van der Waals surface area contributed by atoms with Crippen molar-refractivity contribution in [3.05, 3.63) is 0 Å². The average Bonchev–Trinajstić information content (AvgIpc) is 3.39. The number of ketones is 1. The SMILES string of the molecule is CC[C@H](C)C(=O)CC1CC1CC1CC1C[C@@H](O)[C@@H](CC)C(=O)[O-]. The molecule has 0 aromatic rings. The largest absolute Gasteiger partial charge is 0.550 e. The fourth-order valence-electron chi connectivity index (χ4n) is 3.88. The van der Waals surface area contributed by atoms with E-state index in [2.05, 4.69) is 6.92 Å². The normalized spacial score (nSPS) is 32.9. The Morgan fingerprint density at radius 2 is 1.70 bits per heavy atom. The molecule has 0 saturated heterocycles. The fraction of sp³-hybridized carbons (Fsp3) is 0.895. The van der Waals surface area contributed by atoms with Gasteiger partial charge in [0.15, 0.2) is 0 Å². The number of Topliss-reactive ketones (excluding diaryl/α,β-unsaturated/α-hetero) is 1. The Morgan fingerprint density at radius 3 is 2.26 bits per heavy atom. The van der Waals surface area contributed by atoms with Crippen molar-refractivity contribution in [2.75, 3.05) is 0 Å². The maximum Gasteiger partial charge on any atom is 0.135 e. The molecule has 4 nitrogen and oxygen atoms in total. The highest BCUT2D eigenvalue weighted by atomic mass is 16.4. The van der Waals surface area contributed by atoms with E-state index in [4.69, 9.17) is 0 Å². The Bertz CT molecular complexity index is 433. The molecular weight excluding hydrogens is 292 g/mol. The topological polar surface area (TPSA) is 77.4 Å². The number of carbonyl (C=O) groups is 2. The summed E-state index contributed by atoms with van der Waals surface area (Å²) in [4.78, 5) is 22.9. The predicted molar refractivity (Wildman–Crippen MR) is 86.3 cm³/mol. The van der Waals surface area contributed by atoms with Gasteiger partial charge >= 0.3 is 0 Å². The number of carboxylic acid groups (broad SMARTS) is 1. The first kappa shape index (κ1) is 18.4. The van der Waals surface area contributed by atoms with E-state index in [1.807, 2.05) is 6.92 Å². The average molecular weight is 323 g/mol. The quantitative estimate of drug-likeness (QED) is 0.632. The molecule has 0 bridgehead atoms. The Balaban J connectivity index is 1.65. The number of aliphatic hydroxyl groups is 1. The van der Waals surface area contributed by atoms with Gasteiger partial charge < -0.3 is 15.0 Å². The number of hydrogen-bond donors (Lipinski definition) is 1. The molecule has 0 heterocycles. The third kappa shape index (κ3) is 5.03. The van der Waals surface area contributed by atoms with Crippen LogP contribution in [0.4, 0.5) is 0 Å². The molecule has 0 spiro atoms. The molecule has 132 valence electrons. The van der Waals surface area contributed by atoms with Crippen LogP contribution in [0.3, 0.4) is 0 Å². The Hall–Kier alpha value is -0.900. The van der Waals surface area contributed by atoms with Crippen molar-refractivity contribution in [2.45, 2.75) is 71.8 Å². The molecule has 2 fully saturated rings. The lowest BCUT2D eigenvalue weighted by Gasteiger charge is -2.22. The van der Waals surface area contributed by atoms with Crippen LogP contribution in [0.2, 0.25) is 0 Å². The van der Waals surface area contributed by atoms with Gasteiger partial charge in [-0.15, -0.1) is 0 Å². The molecule has 1 N–H and O–H groups in total. The molecule has 7 atom stereocenters. The molecule has 23 heavy (non-hydrogen) atoms. The Labute approximate surface area is 139 Å². The summed E-state index contributed by atoms with van der Waals surface area (Å²) in [7, 11) is 0. The van der Waals surface area contributed by atoms with E-state index in [9.17, 15) is 19.8 Å². The summed E-state index contributed by atoms with van der Waals surface area (Å²) in [6.07, 6.45) is 5.31. The molecule has 0 amide bonds. The molecule has 2 aliphatic rings. The van der Waals surface area contributed by atoms with Gasteiger partial charge in [-0.05, 0) is 62.2 Å². The highest BCUT2D eigenvalue weighted by Gasteiger charge is 2.46. The lowest BCUT2D eigenvalue weighted by Crippen LogP contribution is -2.38. The lowest BCUT2D eigenvalue weighted by atomic mass is 9.94. The molecule has 0 radical (unpaired) electrons. The number of hydrogen-bond acceptors (Lipinski definition) is 4. The smallest absolute Gasteiger partial charge is 0.135 e. The van der Waals surface area contributed by atoms with Crippen molar-refractivity contribution in [3.63, 3.8) is 0 Å². The second kappa shape index (κ2) is 7.78. The molecule has 2 rings (SSSR count). The first-order chi connectivity index (χ1) is 10.9. The van der Waals surface area contributed by atoms with Gasteiger partial charge in [0.05, 0.1) is 6.10 Å². The van der Waals surface area contributed by atoms with Crippen molar-refractivity contribution in [3.8, 4) is 0 Å². The molecule has 4 heteroatoms. The van der Waals surface area contributed by atoms with E-state index in [-0.39, 0.29) is 5.92 Å². The van der Waals surface area contributed by atoms with Gasteiger partial charge in [0.25, 0.3) is 0 Å². The molecule has 4 unspecified atom stereocenters. The van der Waals surface area contributed by atoms with Crippen LogP contribution in [-0.4, -0.2) is 23.0 Å². The zero-order chi connectivity index (χ0) is 17.1. The fourth-order valence-corrected chi connectivity index (χ4v) is 3.88. The third-order valence-electron chi connectivity index (χ3n) is 6.12. The first-order valence-electron chi connectivity index (χ1n) is 9.28. The maximum atomic E-state index is 12.0. The van der Waals surface area contributed by atoms with E-state index in [0.717, 1.165) is 25.7 Å². The van der Waals surface area contributed by atoms with E-state index in [1.54, 1.807) is 6.92 Å². The first-order valence-corrected chi connectivity index (χ1v) is 9.28. The molecule has 2 aliphatic carbocycles. The van der Waals surface area contributed by atoms with E-state index >= 15 is 0 Å². The highest BCUT2D eigenvalue weighted by Crippen LogP contribution is 2.54. The minimum absolute atomic E-state index is 0.190. The predicted octanol–water partition coefficient (Wildman–Crippen LogP) is 2.18. The number of aliphatic hydroxyl groups excluding tert-OH is 1. The van der Waals surface area contributed by atoms with Crippen molar-refractivity contribution in [1.82, 2.24) is 0 Å². The Morgan fingerprint density at radius 1 is 1.09 bits per heavy atom. The number of carboxylic acids is 1. The second-order valence-corrected chi connectivity index (χ2v) is 7.86. The zero-order valence-corrected chi connectivity index (χ0v) is 14.7. The number of carbonyl (C=O) groups excluding carboxylic acids is 2. The molecule has 0 aliphatic heterocycles. The minimum Gasteiger partial charge on any atom is -0.550 e. The molecule has 2 saturated carbocycles. The molecule has 0 aromatic heterocycles. The van der Waals surface area contributed by atoms with Crippen molar-refractivity contribution >= 4 is 11.8 Å². The number of rotatable bonds is 11. The molecule has 0 aromatic carbocycles. The summed E-state index contributed by atoms with van der Waals surface area (Å²) >= 11 is 0. The van der Waals surface area contributed by atoms with E-state index < -0.39 is 18.0 Å². The summed E-state index contributed by atoms with van der Waals surface area (Å²) in [5, 5.41) is 21.0. The standard InChI is InChI=1S/C19H32O4/c1-4-11(3)17(20)9-14-7-12(14)6-13-8-15(13)10-18(21)16(5-2)19(22)23/h11-16,18,21H,4-10H2,1-3H3,(H,22,23)/p-1/t11-,12?,13?,14?,15?,16+,18+/m0/s1. The summed E-state index contributed by atoms with van der Waals surface area (Å²) in [6.45, 7) is 5.85. The van der Waals surface area contributed by atoms with Crippen LogP contribution in [0, 0.1) is 35.5 Å². The van der Waals surface area contributed by atoms with E-state index in [0.29, 0.717) is 42.3 Å². The van der Waals surface area contributed by atoms with Crippen LogP contribution in [0.1, 0.15) is 65.7 Å². The van der Waals surface area contributed by atoms with Crippen molar-refractivity contribution < 1.29 is 19.8 Å². The van der Waals surface area contributed by atoms with Crippen molar-refractivity contribution in [1.29, 1.82) is 0 Å². The minimum atomic E-state index is -1.14. The summed E-state index contributed by atoms with van der Waals surface area (Å²) in [5.74, 6) is 1.06. The number of aliphatic carboxylic acids is 1. The van der Waals surface area contributed by atoms with Crippen LogP contribution in [0.15, 0.2) is 0 Å². The summed E-state index contributed by atoms with van der Waals surface area (Å²) in [6, 6.07) is 0. The van der Waals surface area contributed by atoms with Gasteiger partial charge in [0.2, 0.25) is 0 Å². The summed E-state index contributed by atoms with van der Waals surface area (Å²) in [5.41, 5.74) is 0. The molecular formula is C19H31O4-. The highest BCUT2D eigenvalue weighted by molar-refractivity contribution is 5.81. The maximum absolute atomic E-state index is 12.0. The van der Waals surface area contributed by atoms with Crippen LogP contribution in [0.5, 0.6) is 0 Å². The van der Waals surface area contributed by atoms with E-state index in [1.165, 1.54) is 6.42 Å². The monoisotopic (exact) mass is 323 g/mol. The Kier molecular flexibility index (Phi) is 6.24. The summed E-state index contributed by atoms with van der Waals surface area (Å²) < 4.78 is 0. The van der Waals surface area contributed by atoms with Crippen LogP contribution < -0.4 is 5.11 Å². The van der Waals surface area contributed by atoms with Crippen molar-refractivity contribution in [2.24, 2.45) is 35.5 Å². The third-order valence-corrected chi connectivity index (χ3v) is 6.12. The van der Waals surface area contributed by atoms with Gasteiger partial charge in [0, 0.05) is 24.2 Å². The second-order valence-electron chi connectivity index (χ2n) is 7.86.